The highest BCUT2D eigenvalue weighted by atomic mass is 35.5. The zero-order valence-electron chi connectivity index (χ0n) is 9.57. The fourth-order valence-electron chi connectivity index (χ4n) is 1.46. The molecule has 0 aliphatic carbocycles. The number of benzene rings is 1. The van der Waals surface area contributed by atoms with E-state index in [0.29, 0.717) is 28.2 Å². The minimum atomic E-state index is 0.476. The van der Waals surface area contributed by atoms with Crippen molar-refractivity contribution in [3.63, 3.8) is 0 Å². The van der Waals surface area contributed by atoms with E-state index in [2.05, 4.69) is 9.97 Å². The summed E-state index contributed by atoms with van der Waals surface area (Å²) in [5, 5.41) is 0.574. The summed E-state index contributed by atoms with van der Waals surface area (Å²) in [7, 11) is 0. The molecule has 1 aromatic heterocycles. The number of anilines is 1. The molecule has 2 rings (SSSR count). The van der Waals surface area contributed by atoms with Crippen molar-refractivity contribution in [3.8, 4) is 11.6 Å². The third-order valence-electron chi connectivity index (χ3n) is 2.13. The number of rotatable bonds is 2. The van der Waals surface area contributed by atoms with Crippen molar-refractivity contribution in [2.45, 2.75) is 13.8 Å². The van der Waals surface area contributed by atoms with Gasteiger partial charge in [-0.05, 0) is 32.0 Å². The van der Waals surface area contributed by atoms with Crippen LogP contribution in [0.2, 0.25) is 5.02 Å². The molecule has 5 heteroatoms. The first-order valence-corrected chi connectivity index (χ1v) is 5.47. The Morgan fingerprint density at radius 1 is 1.18 bits per heavy atom. The lowest BCUT2D eigenvalue weighted by molar-refractivity contribution is 0.461. The summed E-state index contributed by atoms with van der Waals surface area (Å²) in [4.78, 5) is 8.34. The molecule has 0 unspecified atom stereocenters. The second-order valence-electron chi connectivity index (χ2n) is 3.68. The molecule has 2 aromatic rings. The molecule has 2 N–H and O–H groups in total. The summed E-state index contributed by atoms with van der Waals surface area (Å²) < 4.78 is 5.59. The van der Waals surface area contributed by atoms with Crippen molar-refractivity contribution in [2.75, 3.05) is 5.73 Å². The van der Waals surface area contributed by atoms with E-state index < -0.39 is 0 Å². The molecule has 0 spiro atoms. The van der Waals surface area contributed by atoms with E-state index in [-0.39, 0.29) is 0 Å². The van der Waals surface area contributed by atoms with Crippen molar-refractivity contribution < 1.29 is 4.74 Å². The zero-order chi connectivity index (χ0) is 12.4. The van der Waals surface area contributed by atoms with Gasteiger partial charge >= 0.3 is 0 Å². The van der Waals surface area contributed by atoms with Gasteiger partial charge in [0.1, 0.15) is 5.82 Å². The number of aromatic nitrogens is 2. The fraction of sp³-hybridized carbons (Fsp3) is 0.167. The van der Waals surface area contributed by atoms with Gasteiger partial charge < -0.3 is 10.5 Å². The van der Waals surface area contributed by atoms with E-state index in [9.17, 15) is 0 Å². The van der Waals surface area contributed by atoms with Gasteiger partial charge in [0.05, 0.1) is 5.69 Å². The highest BCUT2D eigenvalue weighted by Crippen LogP contribution is 2.28. The Morgan fingerprint density at radius 2 is 1.94 bits per heavy atom. The molecular weight excluding hydrogens is 238 g/mol. The molecule has 0 saturated carbocycles. The Morgan fingerprint density at radius 3 is 2.59 bits per heavy atom. The maximum absolute atomic E-state index is 5.81. The molecule has 0 aliphatic rings. The first-order valence-electron chi connectivity index (χ1n) is 5.10. The van der Waals surface area contributed by atoms with Gasteiger partial charge in [0.25, 0.3) is 0 Å². The average molecular weight is 250 g/mol. The maximum Gasteiger partial charge on any atom is 0.222 e. The topological polar surface area (TPSA) is 61.0 Å². The Balaban J connectivity index is 2.31. The van der Waals surface area contributed by atoms with E-state index in [1.54, 1.807) is 24.3 Å². The number of hydrogen-bond acceptors (Lipinski definition) is 4. The Hall–Kier alpha value is -1.81. The van der Waals surface area contributed by atoms with Gasteiger partial charge in [0.15, 0.2) is 5.75 Å². The Bertz CT molecular complexity index is 537. The Kier molecular flexibility index (Phi) is 3.15. The van der Waals surface area contributed by atoms with Gasteiger partial charge in [-0.3, -0.25) is 0 Å². The van der Waals surface area contributed by atoms with Gasteiger partial charge in [0, 0.05) is 16.8 Å². The monoisotopic (exact) mass is 249 g/mol. The van der Waals surface area contributed by atoms with Crippen LogP contribution in [0.3, 0.4) is 0 Å². The summed E-state index contributed by atoms with van der Waals surface area (Å²) in [5.41, 5.74) is 7.12. The molecule has 0 saturated heterocycles. The molecule has 0 fully saturated rings. The van der Waals surface area contributed by atoms with Gasteiger partial charge in [0.2, 0.25) is 5.88 Å². The molecule has 4 nitrogen and oxygen atoms in total. The summed E-state index contributed by atoms with van der Waals surface area (Å²) >= 11 is 5.81. The fourth-order valence-corrected chi connectivity index (χ4v) is 1.64. The first kappa shape index (κ1) is 11.7. The lowest BCUT2D eigenvalue weighted by Gasteiger charge is -2.08. The normalized spacial score (nSPS) is 10.3. The van der Waals surface area contributed by atoms with Crippen LogP contribution in [-0.2, 0) is 0 Å². The van der Waals surface area contributed by atoms with Gasteiger partial charge in [-0.1, -0.05) is 11.6 Å². The van der Waals surface area contributed by atoms with Crippen LogP contribution in [0.15, 0.2) is 24.3 Å². The number of nitrogen functional groups attached to an aromatic ring is 1. The predicted octanol–water partition coefficient (Wildman–Crippen LogP) is 3.12. The van der Waals surface area contributed by atoms with Crippen LogP contribution in [-0.4, -0.2) is 9.97 Å². The molecule has 1 aromatic carbocycles. The van der Waals surface area contributed by atoms with E-state index in [1.807, 2.05) is 13.8 Å². The lowest BCUT2D eigenvalue weighted by Crippen LogP contribution is -1.97. The van der Waals surface area contributed by atoms with Crippen molar-refractivity contribution in [3.05, 3.63) is 40.8 Å². The lowest BCUT2D eigenvalue weighted by atomic mass is 10.3. The Labute approximate surface area is 104 Å². The summed E-state index contributed by atoms with van der Waals surface area (Å²) in [6.07, 6.45) is 0. The van der Waals surface area contributed by atoms with Crippen molar-refractivity contribution in [2.24, 2.45) is 0 Å². The van der Waals surface area contributed by atoms with Crippen molar-refractivity contribution in [1.82, 2.24) is 9.97 Å². The quantitative estimate of drug-likeness (QED) is 0.831. The predicted molar refractivity (Wildman–Crippen MR) is 67.4 cm³/mol. The maximum atomic E-state index is 5.81. The minimum absolute atomic E-state index is 0.476. The van der Waals surface area contributed by atoms with Crippen LogP contribution in [0.1, 0.15) is 11.5 Å². The molecule has 0 radical (unpaired) electrons. The van der Waals surface area contributed by atoms with Gasteiger partial charge in [-0.15, -0.1) is 0 Å². The smallest absolute Gasteiger partial charge is 0.222 e. The number of halogens is 1. The molecule has 0 bridgehead atoms. The highest BCUT2D eigenvalue weighted by molar-refractivity contribution is 6.30. The number of hydrogen-bond donors (Lipinski definition) is 1. The second kappa shape index (κ2) is 4.59. The van der Waals surface area contributed by atoms with Crippen LogP contribution in [0.25, 0.3) is 0 Å². The third-order valence-corrected chi connectivity index (χ3v) is 2.36. The summed E-state index contributed by atoms with van der Waals surface area (Å²) in [6.45, 7) is 3.69. The van der Waals surface area contributed by atoms with Crippen LogP contribution < -0.4 is 10.5 Å². The zero-order valence-corrected chi connectivity index (χ0v) is 10.3. The van der Waals surface area contributed by atoms with Gasteiger partial charge in [-0.2, -0.15) is 4.98 Å². The first-order chi connectivity index (χ1) is 8.04. The molecule has 88 valence electrons. The molecule has 0 amide bonds. The van der Waals surface area contributed by atoms with E-state index in [4.69, 9.17) is 22.1 Å². The average Bonchev–Trinajstić information content (AvgIpc) is 2.21. The van der Waals surface area contributed by atoms with Crippen LogP contribution in [0.5, 0.6) is 11.6 Å². The van der Waals surface area contributed by atoms with Crippen LogP contribution >= 0.6 is 11.6 Å². The number of nitrogens with zero attached hydrogens (tertiary/aromatic N) is 2. The van der Waals surface area contributed by atoms with E-state index in [0.717, 1.165) is 5.69 Å². The van der Waals surface area contributed by atoms with Crippen molar-refractivity contribution >= 4 is 17.3 Å². The van der Waals surface area contributed by atoms with Crippen LogP contribution in [0.4, 0.5) is 5.69 Å². The number of aryl methyl sites for hydroxylation is 2. The third kappa shape index (κ3) is 2.85. The highest BCUT2D eigenvalue weighted by Gasteiger charge is 2.05. The molecule has 1 heterocycles. The number of nitrogens with two attached hydrogens (primary N) is 1. The number of ether oxygens (including phenoxy) is 1. The molecular formula is C12H12ClN3O. The minimum Gasteiger partial charge on any atom is -0.437 e. The standard InChI is InChI=1S/C12H12ClN3O/c1-7-5-12(16-8(2)15-7)17-11-4-3-9(13)6-10(11)14/h3-6H,14H2,1-2H3. The largest absolute Gasteiger partial charge is 0.437 e. The van der Waals surface area contributed by atoms with E-state index in [1.165, 1.54) is 0 Å². The molecule has 17 heavy (non-hydrogen) atoms. The van der Waals surface area contributed by atoms with Gasteiger partial charge in [-0.25, -0.2) is 4.98 Å². The van der Waals surface area contributed by atoms with E-state index >= 15 is 0 Å². The summed E-state index contributed by atoms with van der Waals surface area (Å²) in [5.74, 6) is 1.67. The van der Waals surface area contributed by atoms with Crippen LogP contribution in [0, 0.1) is 13.8 Å². The summed E-state index contributed by atoms with van der Waals surface area (Å²) in [6, 6.07) is 6.82. The molecule has 0 atom stereocenters. The second-order valence-corrected chi connectivity index (χ2v) is 4.12. The molecule has 0 aliphatic heterocycles. The SMILES string of the molecule is Cc1cc(Oc2ccc(Cl)cc2N)nc(C)n1. The van der Waals surface area contributed by atoms with Crippen molar-refractivity contribution in [1.29, 1.82) is 0 Å².